The van der Waals surface area contributed by atoms with Crippen molar-refractivity contribution in [2.75, 3.05) is 12.3 Å². The van der Waals surface area contributed by atoms with Gasteiger partial charge in [0.05, 0.1) is 6.61 Å². The molecular formula is C17H19NO2. The van der Waals surface area contributed by atoms with Gasteiger partial charge in [0.15, 0.2) is 5.78 Å². The molecule has 0 aliphatic heterocycles. The number of carbonyl (C=O) groups excluding carboxylic acids is 1. The standard InChI is InChI=1S/C17H19NO2/c1-3-10-20-13-8-9-14(12(2)11-13)17(19)15-6-4-5-7-16(15)18/h4-9,11H,3,10,18H2,1-2H3. The largest absolute Gasteiger partial charge is 0.494 e. The molecule has 0 spiro atoms. The summed E-state index contributed by atoms with van der Waals surface area (Å²) in [6, 6.07) is 12.6. The smallest absolute Gasteiger partial charge is 0.195 e. The van der Waals surface area contributed by atoms with Crippen LogP contribution in [0.5, 0.6) is 5.75 Å². The van der Waals surface area contributed by atoms with Crippen molar-refractivity contribution in [2.24, 2.45) is 0 Å². The monoisotopic (exact) mass is 269 g/mol. The van der Waals surface area contributed by atoms with Gasteiger partial charge < -0.3 is 10.5 Å². The number of nitrogen functional groups attached to an aromatic ring is 1. The molecule has 0 aliphatic carbocycles. The zero-order valence-corrected chi connectivity index (χ0v) is 11.8. The third kappa shape index (κ3) is 2.99. The van der Waals surface area contributed by atoms with Crippen molar-refractivity contribution in [3.63, 3.8) is 0 Å². The first-order valence-corrected chi connectivity index (χ1v) is 6.76. The molecule has 3 heteroatoms. The Morgan fingerprint density at radius 1 is 1.15 bits per heavy atom. The lowest BCUT2D eigenvalue weighted by Gasteiger charge is -2.10. The van der Waals surface area contributed by atoms with Crippen LogP contribution in [0.15, 0.2) is 42.5 Å². The van der Waals surface area contributed by atoms with E-state index in [2.05, 4.69) is 6.92 Å². The van der Waals surface area contributed by atoms with Gasteiger partial charge in [0.25, 0.3) is 0 Å². The van der Waals surface area contributed by atoms with E-state index in [0.29, 0.717) is 23.4 Å². The summed E-state index contributed by atoms with van der Waals surface area (Å²) >= 11 is 0. The molecule has 0 radical (unpaired) electrons. The summed E-state index contributed by atoms with van der Waals surface area (Å²) in [6.45, 7) is 4.65. The first-order chi connectivity index (χ1) is 9.63. The van der Waals surface area contributed by atoms with Crippen LogP contribution >= 0.6 is 0 Å². The van der Waals surface area contributed by atoms with Gasteiger partial charge in [-0.15, -0.1) is 0 Å². The van der Waals surface area contributed by atoms with E-state index in [1.54, 1.807) is 18.2 Å². The fourth-order valence-corrected chi connectivity index (χ4v) is 2.05. The molecule has 0 heterocycles. The number of carbonyl (C=O) groups is 1. The second kappa shape index (κ2) is 6.24. The van der Waals surface area contributed by atoms with Gasteiger partial charge in [0, 0.05) is 16.8 Å². The van der Waals surface area contributed by atoms with Crippen molar-refractivity contribution < 1.29 is 9.53 Å². The van der Waals surface area contributed by atoms with Gasteiger partial charge in [0.1, 0.15) is 5.75 Å². The first-order valence-electron chi connectivity index (χ1n) is 6.76. The van der Waals surface area contributed by atoms with Gasteiger partial charge in [-0.25, -0.2) is 0 Å². The third-order valence-corrected chi connectivity index (χ3v) is 3.12. The summed E-state index contributed by atoms with van der Waals surface area (Å²) in [5, 5.41) is 0. The van der Waals surface area contributed by atoms with E-state index in [1.165, 1.54) is 0 Å². The fraction of sp³-hybridized carbons (Fsp3) is 0.235. The van der Waals surface area contributed by atoms with Crippen molar-refractivity contribution >= 4 is 11.5 Å². The number of para-hydroxylation sites is 1. The average Bonchev–Trinajstić information content (AvgIpc) is 2.45. The third-order valence-electron chi connectivity index (χ3n) is 3.12. The molecule has 104 valence electrons. The maximum absolute atomic E-state index is 12.5. The SMILES string of the molecule is CCCOc1ccc(C(=O)c2ccccc2N)c(C)c1. The van der Waals surface area contributed by atoms with Crippen LogP contribution in [-0.4, -0.2) is 12.4 Å². The number of ketones is 1. The van der Waals surface area contributed by atoms with Crippen LogP contribution in [0.25, 0.3) is 0 Å². The molecule has 0 amide bonds. The Kier molecular flexibility index (Phi) is 4.41. The normalized spacial score (nSPS) is 10.3. The Balaban J connectivity index is 2.29. The maximum atomic E-state index is 12.5. The summed E-state index contributed by atoms with van der Waals surface area (Å²) in [5.74, 6) is 0.740. The number of aryl methyl sites for hydroxylation is 1. The number of benzene rings is 2. The molecule has 0 fully saturated rings. The second-order valence-corrected chi connectivity index (χ2v) is 4.74. The Labute approximate surface area is 119 Å². The number of hydrogen-bond acceptors (Lipinski definition) is 3. The van der Waals surface area contributed by atoms with E-state index in [9.17, 15) is 4.79 Å². The highest BCUT2D eigenvalue weighted by Gasteiger charge is 2.14. The van der Waals surface area contributed by atoms with E-state index < -0.39 is 0 Å². The highest BCUT2D eigenvalue weighted by molar-refractivity contribution is 6.12. The van der Waals surface area contributed by atoms with Crippen molar-refractivity contribution in [3.8, 4) is 5.75 Å². The lowest BCUT2D eigenvalue weighted by atomic mass is 9.98. The van der Waals surface area contributed by atoms with E-state index >= 15 is 0 Å². The van der Waals surface area contributed by atoms with Crippen LogP contribution in [0, 0.1) is 6.92 Å². The van der Waals surface area contributed by atoms with Crippen LogP contribution in [0.3, 0.4) is 0 Å². The Hall–Kier alpha value is -2.29. The minimum absolute atomic E-state index is 0.0531. The van der Waals surface area contributed by atoms with E-state index in [0.717, 1.165) is 17.7 Å². The molecule has 2 aromatic carbocycles. The maximum Gasteiger partial charge on any atom is 0.195 e. The van der Waals surface area contributed by atoms with Gasteiger partial charge in [-0.05, 0) is 49.2 Å². The zero-order chi connectivity index (χ0) is 14.5. The van der Waals surface area contributed by atoms with Crippen LogP contribution in [0.2, 0.25) is 0 Å². The first kappa shape index (κ1) is 14.1. The summed E-state index contributed by atoms with van der Waals surface area (Å²) in [4.78, 5) is 12.5. The second-order valence-electron chi connectivity index (χ2n) is 4.74. The number of rotatable bonds is 5. The Bertz CT molecular complexity index is 620. The topological polar surface area (TPSA) is 52.3 Å². The minimum Gasteiger partial charge on any atom is -0.494 e. The van der Waals surface area contributed by atoms with E-state index in [1.807, 2.05) is 31.2 Å². The number of nitrogens with two attached hydrogens (primary N) is 1. The van der Waals surface area contributed by atoms with Crippen molar-refractivity contribution in [1.82, 2.24) is 0 Å². The molecule has 0 unspecified atom stereocenters. The number of hydrogen-bond donors (Lipinski definition) is 1. The van der Waals surface area contributed by atoms with E-state index in [-0.39, 0.29) is 5.78 Å². The molecule has 0 aliphatic rings. The van der Waals surface area contributed by atoms with Crippen molar-refractivity contribution in [3.05, 3.63) is 59.2 Å². The van der Waals surface area contributed by atoms with Gasteiger partial charge >= 0.3 is 0 Å². The molecule has 2 rings (SSSR count). The van der Waals surface area contributed by atoms with Gasteiger partial charge in [-0.1, -0.05) is 19.1 Å². The molecule has 2 N–H and O–H groups in total. The Morgan fingerprint density at radius 2 is 1.90 bits per heavy atom. The predicted octanol–water partition coefficient (Wildman–Crippen LogP) is 3.60. The van der Waals surface area contributed by atoms with Gasteiger partial charge in [0.2, 0.25) is 0 Å². The summed E-state index contributed by atoms with van der Waals surface area (Å²) in [7, 11) is 0. The van der Waals surface area contributed by atoms with Gasteiger partial charge in [-0.3, -0.25) is 4.79 Å². The molecule has 2 aromatic rings. The minimum atomic E-state index is -0.0531. The number of anilines is 1. The highest BCUT2D eigenvalue weighted by Crippen LogP contribution is 2.22. The van der Waals surface area contributed by atoms with Crippen molar-refractivity contribution in [1.29, 1.82) is 0 Å². The quantitative estimate of drug-likeness (QED) is 0.666. The lowest BCUT2D eigenvalue weighted by molar-refractivity contribution is 0.103. The van der Waals surface area contributed by atoms with Crippen LogP contribution in [0.1, 0.15) is 34.8 Å². The van der Waals surface area contributed by atoms with Gasteiger partial charge in [-0.2, -0.15) is 0 Å². The molecule has 20 heavy (non-hydrogen) atoms. The summed E-state index contributed by atoms with van der Waals surface area (Å²) < 4.78 is 5.56. The Morgan fingerprint density at radius 3 is 2.55 bits per heavy atom. The molecule has 0 saturated carbocycles. The molecule has 0 atom stereocenters. The summed E-state index contributed by atoms with van der Waals surface area (Å²) in [5.41, 5.74) is 8.46. The number of ether oxygens (including phenoxy) is 1. The molecule has 0 aromatic heterocycles. The summed E-state index contributed by atoms with van der Waals surface area (Å²) in [6.07, 6.45) is 0.959. The molecule has 0 saturated heterocycles. The van der Waals surface area contributed by atoms with Crippen molar-refractivity contribution in [2.45, 2.75) is 20.3 Å². The van der Waals surface area contributed by atoms with Crippen LogP contribution in [0.4, 0.5) is 5.69 Å². The average molecular weight is 269 g/mol. The van der Waals surface area contributed by atoms with Crippen LogP contribution in [-0.2, 0) is 0 Å². The zero-order valence-electron chi connectivity index (χ0n) is 11.8. The van der Waals surface area contributed by atoms with E-state index in [4.69, 9.17) is 10.5 Å². The molecule has 0 bridgehead atoms. The fourth-order valence-electron chi connectivity index (χ4n) is 2.05. The predicted molar refractivity (Wildman–Crippen MR) is 81.3 cm³/mol. The highest BCUT2D eigenvalue weighted by atomic mass is 16.5. The molecule has 3 nitrogen and oxygen atoms in total. The van der Waals surface area contributed by atoms with Crippen LogP contribution < -0.4 is 10.5 Å². The molecular weight excluding hydrogens is 250 g/mol. The lowest BCUT2D eigenvalue weighted by Crippen LogP contribution is -2.07.